The Balaban J connectivity index is 1.75. The molecule has 1 atom stereocenters. The van der Waals surface area contributed by atoms with Crippen LogP contribution in [0.4, 0.5) is 5.69 Å². The lowest BCUT2D eigenvalue weighted by Crippen LogP contribution is -2.51. The first kappa shape index (κ1) is 19.7. The number of aryl methyl sites for hydroxylation is 1. The predicted octanol–water partition coefficient (Wildman–Crippen LogP) is 3.00. The number of rotatable bonds is 6. The maximum Gasteiger partial charge on any atom is 0.265 e. The van der Waals surface area contributed by atoms with Crippen molar-refractivity contribution in [3.8, 4) is 11.5 Å². The molecule has 28 heavy (non-hydrogen) atoms. The largest absolute Gasteiger partial charge is 0.483 e. The normalized spacial score (nSPS) is 15.4. The third-order valence-electron chi connectivity index (χ3n) is 4.82. The first-order chi connectivity index (χ1) is 13.5. The summed E-state index contributed by atoms with van der Waals surface area (Å²) >= 11 is 0. The topological polar surface area (TPSA) is 67.9 Å². The van der Waals surface area contributed by atoms with Crippen LogP contribution in [-0.4, -0.2) is 37.6 Å². The van der Waals surface area contributed by atoms with E-state index in [4.69, 9.17) is 9.47 Å². The van der Waals surface area contributed by atoms with Crippen LogP contribution >= 0.6 is 0 Å². The van der Waals surface area contributed by atoms with Gasteiger partial charge in [0.15, 0.2) is 12.7 Å². The van der Waals surface area contributed by atoms with Crippen LogP contribution in [0.1, 0.15) is 24.5 Å². The zero-order valence-corrected chi connectivity index (χ0v) is 16.5. The maximum atomic E-state index is 12.9. The molecule has 0 spiro atoms. The van der Waals surface area contributed by atoms with Gasteiger partial charge < -0.3 is 19.7 Å². The van der Waals surface area contributed by atoms with Crippen molar-refractivity contribution in [2.24, 2.45) is 0 Å². The number of hydrogen-bond acceptors (Lipinski definition) is 4. The van der Waals surface area contributed by atoms with Gasteiger partial charge in [-0.2, -0.15) is 0 Å². The summed E-state index contributed by atoms with van der Waals surface area (Å²) in [7, 11) is 0. The number of nitrogens with zero attached hydrogens (tertiary/aromatic N) is 1. The van der Waals surface area contributed by atoms with Crippen molar-refractivity contribution in [1.29, 1.82) is 0 Å². The highest BCUT2D eigenvalue weighted by molar-refractivity contribution is 5.98. The molecular formula is C22H26N2O4. The number of carbonyl (C=O) groups excluding carboxylic acids is 2. The Morgan fingerprint density at radius 1 is 1.18 bits per heavy atom. The second-order valence-electron chi connectivity index (χ2n) is 6.86. The van der Waals surface area contributed by atoms with Crippen molar-refractivity contribution < 1.29 is 19.1 Å². The summed E-state index contributed by atoms with van der Waals surface area (Å²) in [5.74, 6) is 0.771. The molecule has 6 nitrogen and oxygen atoms in total. The van der Waals surface area contributed by atoms with Gasteiger partial charge in [0.25, 0.3) is 11.8 Å². The van der Waals surface area contributed by atoms with E-state index in [1.165, 1.54) is 0 Å². The third kappa shape index (κ3) is 4.27. The number of ether oxygens (including phenoxy) is 2. The van der Waals surface area contributed by atoms with E-state index in [-0.39, 0.29) is 25.0 Å². The minimum atomic E-state index is -0.744. The second kappa shape index (κ2) is 8.78. The number of nitrogens with one attached hydrogen (secondary N) is 1. The van der Waals surface area contributed by atoms with Gasteiger partial charge in [-0.3, -0.25) is 9.59 Å². The summed E-state index contributed by atoms with van der Waals surface area (Å²) in [5.41, 5.74) is 2.76. The molecule has 1 aliphatic heterocycles. The highest BCUT2D eigenvalue weighted by atomic mass is 16.5. The van der Waals surface area contributed by atoms with Gasteiger partial charge in [0, 0.05) is 6.54 Å². The number of amides is 2. The van der Waals surface area contributed by atoms with Gasteiger partial charge in [-0.15, -0.1) is 0 Å². The van der Waals surface area contributed by atoms with E-state index in [1.807, 2.05) is 57.2 Å². The number of para-hydroxylation sites is 2. The molecule has 0 aliphatic carbocycles. The molecule has 0 saturated heterocycles. The molecule has 0 aromatic heterocycles. The van der Waals surface area contributed by atoms with Crippen LogP contribution < -0.4 is 19.7 Å². The molecule has 3 rings (SSSR count). The number of fused-ring (bicyclic) bond motifs is 1. The first-order valence-electron chi connectivity index (χ1n) is 9.54. The van der Waals surface area contributed by atoms with Gasteiger partial charge in [0.2, 0.25) is 0 Å². The minimum Gasteiger partial charge on any atom is -0.483 e. The summed E-state index contributed by atoms with van der Waals surface area (Å²) in [6.45, 7) is 6.57. The molecular weight excluding hydrogens is 356 g/mol. The average molecular weight is 382 g/mol. The monoisotopic (exact) mass is 382 g/mol. The van der Waals surface area contributed by atoms with Crippen molar-refractivity contribution in [2.75, 3.05) is 24.6 Å². The standard InChI is InChI=1S/C22H26N2O4/c1-4-12-23-22(26)20-13-24(17-9-5-6-10-19(17)28-20)21(25)14-27-18-11-7-8-15(2)16(18)3/h5-11,20H,4,12-14H2,1-3H3,(H,23,26)/t20-/m0/s1. The van der Waals surface area contributed by atoms with Crippen molar-refractivity contribution in [2.45, 2.75) is 33.3 Å². The quantitative estimate of drug-likeness (QED) is 0.834. The maximum absolute atomic E-state index is 12.9. The lowest BCUT2D eigenvalue weighted by Gasteiger charge is -2.34. The van der Waals surface area contributed by atoms with Gasteiger partial charge in [0.05, 0.1) is 12.2 Å². The molecule has 0 saturated carbocycles. The molecule has 148 valence electrons. The molecule has 0 radical (unpaired) electrons. The van der Waals surface area contributed by atoms with Gasteiger partial charge >= 0.3 is 0 Å². The predicted molar refractivity (Wildman–Crippen MR) is 108 cm³/mol. The van der Waals surface area contributed by atoms with Crippen molar-refractivity contribution in [3.63, 3.8) is 0 Å². The SMILES string of the molecule is CCCNC(=O)[C@@H]1CN(C(=O)COc2cccc(C)c2C)c2ccccc2O1. The summed E-state index contributed by atoms with van der Waals surface area (Å²) in [6, 6.07) is 13.0. The fourth-order valence-electron chi connectivity index (χ4n) is 3.07. The van der Waals surface area contributed by atoms with E-state index in [1.54, 1.807) is 11.0 Å². The van der Waals surface area contributed by atoms with Crippen LogP contribution in [0.2, 0.25) is 0 Å². The summed E-state index contributed by atoms with van der Waals surface area (Å²) in [4.78, 5) is 26.9. The fraction of sp³-hybridized carbons (Fsp3) is 0.364. The number of carbonyl (C=O) groups is 2. The smallest absolute Gasteiger partial charge is 0.265 e. The van der Waals surface area contributed by atoms with E-state index in [0.717, 1.165) is 17.5 Å². The van der Waals surface area contributed by atoms with Gasteiger partial charge in [-0.05, 0) is 49.6 Å². The Labute approximate surface area is 165 Å². The highest BCUT2D eigenvalue weighted by Crippen LogP contribution is 2.33. The Kier molecular flexibility index (Phi) is 6.19. The third-order valence-corrected chi connectivity index (χ3v) is 4.82. The molecule has 6 heteroatoms. The number of benzene rings is 2. The van der Waals surface area contributed by atoms with Crippen molar-refractivity contribution in [1.82, 2.24) is 5.32 Å². The molecule has 1 N–H and O–H groups in total. The fourth-order valence-corrected chi connectivity index (χ4v) is 3.07. The number of hydrogen-bond donors (Lipinski definition) is 1. The van der Waals surface area contributed by atoms with E-state index in [2.05, 4.69) is 5.32 Å². The van der Waals surface area contributed by atoms with Crippen LogP contribution in [0.5, 0.6) is 11.5 Å². The van der Waals surface area contributed by atoms with Gasteiger partial charge in [0.1, 0.15) is 11.5 Å². The molecule has 2 amide bonds. The molecule has 2 aromatic carbocycles. The number of anilines is 1. The summed E-state index contributed by atoms with van der Waals surface area (Å²) < 4.78 is 11.6. The Morgan fingerprint density at radius 2 is 1.96 bits per heavy atom. The second-order valence-corrected chi connectivity index (χ2v) is 6.86. The van der Waals surface area contributed by atoms with E-state index < -0.39 is 6.10 Å². The Bertz CT molecular complexity index is 865. The van der Waals surface area contributed by atoms with Crippen LogP contribution in [0.3, 0.4) is 0 Å². The van der Waals surface area contributed by atoms with Crippen molar-refractivity contribution >= 4 is 17.5 Å². The molecule has 1 aliphatic rings. The van der Waals surface area contributed by atoms with Crippen LogP contribution in [0.25, 0.3) is 0 Å². The molecule has 1 heterocycles. The van der Waals surface area contributed by atoms with E-state index in [9.17, 15) is 9.59 Å². The zero-order valence-electron chi connectivity index (χ0n) is 16.5. The highest BCUT2D eigenvalue weighted by Gasteiger charge is 2.33. The van der Waals surface area contributed by atoms with E-state index >= 15 is 0 Å². The van der Waals surface area contributed by atoms with Crippen LogP contribution in [0, 0.1) is 13.8 Å². The van der Waals surface area contributed by atoms with Crippen LogP contribution in [-0.2, 0) is 9.59 Å². The minimum absolute atomic E-state index is 0.109. The van der Waals surface area contributed by atoms with E-state index in [0.29, 0.717) is 23.7 Å². The van der Waals surface area contributed by atoms with Gasteiger partial charge in [-0.25, -0.2) is 0 Å². The molecule has 0 unspecified atom stereocenters. The summed E-state index contributed by atoms with van der Waals surface area (Å²) in [5, 5.41) is 2.83. The zero-order chi connectivity index (χ0) is 20.1. The average Bonchev–Trinajstić information content (AvgIpc) is 2.72. The lowest BCUT2D eigenvalue weighted by atomic mass is 10.1. The Hall–Kier alpha value is -3.02. The lowest BCUT2D eigenvalue weighted by molar-refractivity contribution is -0.128. The van der Waals surface area contributed by atoms with Crippen LogP contribution in [0.15, 0.2) is 42.5 Å². The van der Waals surface area contributed by atoms with Gasteiger partial charge in [-0.1, -0.05) is 31.2 Å². The first-order valence-corrected chi connectivity index (χ1v) is 9.54. The van der Waals surface area contributed by atoms with Crippen molar-refractivity contribution in [3.05, 3.63) is 53.6 Å². The molecule has 2 aromatic rings. The summed E-state index contributed by atoms with van der Waals surface area (Å²) in [6.07, 6.45) is 0.0904. The Morgan fingerprint density at radius 3 is 2.75 bits per heavy atom. The molecule has 0 bridgehead atoms. The molecule has 0 fully saturated rings.